The third-order valence-electron chi connectivity index (χ3n) is 2.04. The highest BCUT2D eigenvalue weighted by Gasteiger charge is 2.10. The van der Waals surface area contributed by atoms with E-state index in [1.165, 1.54) is 0 Å². The number of aryl methyl sites for hydroxylation is 1. The molecule has 0 atom stereocenters. The van der Waals surface area contributed by atoms with Crippen molar-refractivity contribution in [3.05, 3.63) is 40.9 Å². The first-order chi connectivity index (χ1) is 7.18. The number of nitrogens with two attached hydrogens (primary N) is 1. The van der Waals surface area contributed by atoms with Crippen LogP contribution in [0.2, 0.25) is 0 Å². The van der Waals surface area contributed by atoms with E-state index < -0.39 is 0 Å². The number of thiocarbonyl (C=S) groups is 1. The van der Waals surface area contributed by atoms with E-state index in [9.17, 15) is 0 Å². The average Bonchev–Trinajstić information content (AvgIpc) is 2.62. The van der Waals surface area contributed by atoms with Gasteiger partial charge in [0.15, 0.2) is 0 Å². The van der Waals surface area contributed by atoms with Crippen LogP contribution in [0.15, 0.2) is 30.3 Å². The molecule has 0 saturated carbocycles. The molecule has 0 fully saturated rings. The van der Waals surface area contributed by atoms with Crippen molar-refractivity contribution in [1.82, 2.24) is 4.98 Å². The third-order valence-corrected chi connectivity index (χ3v) is 3.61. The first-order valence-electron chi connectivity index (χ1n) is 4.51. The highest BCUT2D eigenvalue weighted by atomic mass is 32.1. The number of hydrogen-bond acceptors (Lipinski definition) is 3. The van der Waals surface area contributed by atoms with Crippen molar-refractivity contribution in [2.24, 2.45) is 5.73 Å². The van der Waals surface area contributed by atoms with Gasteiger partial charge in [0, 0.05) is 5.56 Å². The van der Waals surface area contributed by atoms with Crippen LogP contribution in [-0.2, 0) is 0 Å². The maximum Gasteiger partial charge on any atom is 0.124 e. The predicted molar refractivity (Wildman–Crippen MR) is 68.2 cm³/mol. The first kappa shape index (κ1) is 10.3. The molecule has 0 bridgehead atoms. The van der Waals surface area contributed by atoms with Gasteiger partial charge in [-0.15, -0.1) is 11.3 Å². The summed E-state index contributed by atoms with van der Waals surface area (Å²) in [5.74, 6) is 0. The van der Waals surface area contributed by atoms with Crippen LogP contribution in [-0.4, -0.2) is 9.97 Å². The van der Waals surface area contributed by atoms with Crippen LogP contribution in [0.4, 0.5) is 0 Å². The summed E-state index contributed by atoms with van der Waals surface area (Å²) >= 11 is 6.50. The molecule has 0 spiro atoms. The summed E-state index contributed by atoms with van der Waals surface area (Å²) in [5, 5.41) is 0.968. The van der Waals surface area contributed by atoms with Gasteiger partial charge in [-0.25, -0.2) is 4.98 Å². The van der Waals surface area contributed by atoms with Gasteiger partial charge in [0.25, 0.3) is 0 Å². The fraction of sp³-hybridized carbons (Fsp3) is 0.0909. The van der Waals surface area contributed by atoms with E-state index in [4.69, 9.17) is 18.0 Å². The molecule has 76 valence electrons. The molecular formula is C11H10N2S2. The van der Waals surface area contributed by atoms with E-state index in [-0.39, 0.29) is 0 Å². The van der Waals surface area contributed by atoms with E-state index in [0.717, 1.165) is 21.1 Å². The molecule has 0 aliphatic carbocycles. The molecule has 0 aliphatic heterocycles. The van der Waals surface area contributed by atoms with Crippen LogP contribution < -0.4 is 5.73 Å². The predicted octanol–water partition coefficient (Wildman–Crippen LogP) is 2.75. The van der Waals surface area contributed by atoms with Crippen molar-refractivity contribution in [2.75, 3.05) is 0 Å². The van der Waals surface area contributed by atoms with Crippen molar-refractivity contribution in [3.8, 4) is 10.6 Å². The van der Waals surface area contributed by atoms with Gasteiger partial charge in [0.05, 0.1) is 10.6 Å². The maximum atomic E-state index is 5.61. The Morgan fingerprint density at radius 2 is 2.00 bits per heavy atom. The van der Waals surface area contributed by atoms with Gasteiger partial charge in [-0.3, -0.25) is 0 Å². The van der Waals surface area contributed by atoms with Crippen LogP contribution in [0.5, 0.6) is 0 Å². The van der Waals surface area contributed by atoms with E-state index in [1.54, 1.807) is 11.3 Å². The smallest absolute Gasteiger partial charge is 0.124 e. The Labute approximate surface area is 97.8 Å². The number of aromatic nitrogens is 1. The summed E-state index contributed by atoms with van der Waals surface area (Å²) < 4.78 is 0. The molecule has 1 aromatic carbocycles. The SMILES string of the molecule is Cc1nc(-c2ccccc2)sc1C(N)=S. The summed E-state index contributed by atoms with van der Waals surface area (Å²) in [7, 11) is 0. The lowest BCUT2D eigenvalue weighted by Crippen LogP contribution is -2.08. The number of benzene rings is 1. The van der Waals surface area contributed by atoms with Gasteiger partial charge in [0.1, 0.15) is 10.00 Å². The first-order valence-corrected chi connectivity index (χ1v) is 5.73. The second kappa shape index (κ2) is 4.08. The van der Waals surface area contributed by atoms with E-state index in [2.05, 4.69) is 4.98 Å². The van der Waals surface area contributed by atoms with Gasteiger partial charge in [0.2, 0.25) is 0 Å². The van der Waals surface area contributed by atoms with Gasteiger partial charge in [-0.05, 0) is 6.92 Å². The average molecular weight is 234 g/mol. The maximum absolute atomic E-state index is 5.61. The quantitative estimate of drug-likeness (QED) is 0.812. The zero-order chi connectivity index (χ0) is 10.8. The van der Waals surface area contributed by atoms with Crippen LogP contribution in [0.1, 0.15) is 10.6 Å². The summed E-state index contributed by atoms with van der Waals surface area (Å²) in [4.78, 5) is 5.78. The lowest BCUT2D eigenvalue weighted by atomic mass is 10.2. The fourth-order valence-electron chi connectivity index (χ4n) is 1.33. The Hall–Kier alpha value is -1.26. The lowest BCUT2D eigenvalue weighted by molar-refractivity contribution is 1.26. The van der Waals surface area contributed by atoms with Crippen LogP contribution >= 0.6 is 23.6 Å². The molecule has 0 unspecified atom stereocenters. The molecule has 1 aromatic heterocycles. The van der Waals surface area contributed by atoms with Crippen LogP contribution in [0, 0.1) is 6.92 Å². The van der Waals surface area contributed by atoms with E-state index in [0.29, 0.717) is 4.99 Å². The standard InChI is InChI=1S/C11H10N2S2/c1-7-9(10(12)14)15-11(13-7)8-5-3-2-4-6-8/h2-6H,1H3,(H2,12,14). The Morgan fingerprint density at radius 3 is 2.53 bits per heavy atom. The van der Waals surface area contributed by atoms with Crippen LogP contribution in [0.3, 0.4) is 0 Å². The highest BCUT2D eigenvalue weighted by Crippen LogP contribution is 2.27. The van der Waals surface area contributed by atoms with Crippen molar-refractivity contribution in [2.45, 2.75) is 6.92 Å². The van der Waals surface area contributed by atoms with E-state index >= 15 is 0 Å². The van der Waals surface area contributed by atoms with E-state index in [1.807, 2.05) is 37.3 Å². The topological polar surface area (TPSA) is 38.9 Å². The third kappa shape index (κ3) is 2.06. The van der Waals surface area contributed by atoms with Gasteiger partial charge in [-0.2, -0.15) is 0 Å². The van der Waals surface area contributed by atoms with Crippen molar-refractivity contribution in [1.29, 1.82) is 0 Å². The summed E-state index contributed by atoms with van der Waals surface area (Å²) in [6.45, 7) is 1.93. The molecule has 0 saturated heterocycles. The zero-order valence-corrected chi connectivity index (χ0v) is 9.86. The van der Waals surface area contributed by atoms with Gasteiger partial charge < -0.3 is 5.73 Å². The molecule has 2 rings (SSSR count). The van der Waals surface area contributed by atoms with Gasteiger partial charge in [-0.1, -0.05) is 42.5 Å². The summed E-state index contributed by atoms with van der Waals surface area (Å²) in [5.41, 5.74) is 7.62. The minimum atomic E-state index is 0.423. The largest absolute Gasteiger partial charge is 0.389 e. The summed E-state index contributed by atoms with van der Waals surface area (Å²) in [6, 6.07) is 10.0. The Balaban J connectivity index is 2.48. The number of nitrogens with zero attached hydrogens (tertiary/aromatic N) is 1. The molecule has 2 N–H and O–H groups in total. The second-order valence-electron chi connectivity index (χ2n) is 3.16. The molecule has 0 aliphatic rings. The minimum absolute atomic E-state index is 0.423. The fourth-order valence-corrected chi connectivity index (χ4v) is 2.53. The molecule has 1 heterocycles. The van der Waals surface area contributed by atoms with Gasteiger partial charge >= 0.3 is 0 Å². The molecule has 0 radical (unpaired) electrons. The normalized spacial score (nSPS) is 10.2. The van der Waals surface area contributed by atoms with Crippen molar-refractivity contribution in [3.63, 3.8) is 0 Å². The van der Waals surface area contributed by atoms with Crippen molar-refractivity contribution >= 4 is 28.5 Å². The molecule has 4 heteroatoms. The molecular weight excluding hydrogens is 224 g/mol. The molecule has 2 aromatic rings. The number of rotatable bonds is 2. The summed E-state index contributed by atoms with van der Waals surface area (Å²) in [6.07, 6.45) is 0. The zero-order valence-electron chi connectivity index (χ0n) is 8.23. The second-order valence-corrected chi connectivity index (χ2v) is 4.60. The monoisotopic (exact) mass is 234 g/mol. The Morgan fingerprint density at radius 1 is 1.33 bits per heavy atom. The number of thiazole rings is 1. The molecule has 2 nitrogen and oxygen atoms in total. The molecule has 15 heavy (non-hydrogen) atoms. The Kier molecular flexibility index (Phi) is 2.79. The Bertz CT molecular complexity index is 489. The number of hydrogen-bond donors (Lipinski definition) is 1. The van der Waals surface area contributed by atoms with Crippen molar-refractivity contribution < 1.29 is 0 Å². The lowest BCUT2D eigenvalue weighted by Gasteiger charge is -1.92. The molecule has 0 amide bonds. The van der Waals surface area contributed by atoms with Crippen LogP contribution in [0.25, 0.3) is 10.6 Å². The highest BCUT2D eigenvalue weighted by molar-refractivity contribution is 7.81. The minimum Gasteiger partial charge on any atom is -0.389 e.